The molecule has 172 valence electrons. The van der Waals surface area contributed by atoms with Gasteiger partial charge in [0.25, 0.3) is 0 Å². The van der Waals surface area contributed by atoms with E-state index in [0.717, 1.165) is 6.07 Å². The summed E-state index contributed by atoms with van der Waals surface area (Å²) in [6.07, 6.45) is -0.254. The Morgan fingerprint density at radius 3 is 2.66 bits per heavy atom. The van der Waals surface area contributed by atoms with Crippen molar-refractivity contribution >= 4 is 32.6 Å². The number of ether oxygens (including phenoxy) is 1. The molecule has 0 saturated carbocycles. The van der Waals surface area contributed by atoms with Crippen molar-refractivity contribution in [3.8, 4) is 0 Å². The topological polar surface area (TPSA) is 103 Å². The minimum absolute atomic E-state index is 0.0763. The van der Waals surface area contributed by atoms with Crippen molar-refractivity contribution in [2.75, 3.05) is 37.0 Å². The Balaban J connectivity index is 2.04. The first-order valence-corrected chi connectivity index (χ1v) is 11.9. The molecule has 1 saturated heterocycles. The number of hydrogen-bond acceptors (Lipinski definition) is 7. The van der Waals surface area contributed by atoms with E-state index in [4.69, 9.17) is 10.5 Å². The van der Waals surface area contributed by atoms with Crippen LogP contribution in [0.25, 0.3) is 11.0 Å². The van der Waals surface area contributed by atoms with Crippen LogP contribution in [0.1, 0.15) is 19.5 Å². The quantitative estimate of drug-likeness (QED) is 0.597. The van der Waals surface area contributed by atoms with Gasteiger partial charge < -0.3 is 19.9 Å². The zero-order valence-electron chi connectivity index (χ0n) is 17.9. The third kappa shape index (κ3) is 3.58. The third-order valence-electron chi connectivity index (χ3n) is 5.61. The summed E-state index contributed by atoms with van der Waals surface area (Å²) in [6.45, 7) is 4.47. The van der Waals surface area contributed by atoms with Gasteiger partial charge in [0.15, 0.2) is 5.82 Å². The molecule has 32 heavy (non-hydrogen) atoms. The summed E-state index contributed by atoms with van der Waals surface area (Å²) in [6, 6.07) is 5.25. The molecule has 3 heterocycles. The Kier molecular flexibility index (Phi) is 6.04. The molecule has 11 heteroatoms. The number of hydrogen-bond donors (Lipinski definition) is 1. The van der Waals surface area contributed by atoms with E-state index in [9.17, 15) is 17.2 Å². The highest BCUT2D eigenvalue weighted by Gasteiger charge is 2.34. The molecule has 1 atom stereocenters. The lowest BCUT2D eigenvalue weighted by Crippen LogP contribution is -2.44. The Bertz CT molecular complexity index is 1260. The van der Waals surface area contributed by atoms with Crippen LogP contribution < -0.4 is 10.6 Å². The zero-order chi connectivity index (χ0) is 23.0. The zero-order valence-corrected chi connectivity index (χ0v) is 18.7. The molecule has 0 aliphatic carbocycles. The molecule has 1 aromatic carbocycles. The summed E-state index contributed by atoms with van der Waals surface area (Å²) in [7, 11) is -4.25. The maximum atomic E-state index is 14.5. The molecule has 1 aliphatic heterocycles. The van der Waals surface area contributed by atoms with E-state index < -0.39 is 33.3 Å². The highest BCUT2D eigenvalue weighted by atomic mass is 32.2. The van der Waals surface area contributed by atoms with Gasteiger partial charge in [-0.3, -0.25) is 0 Å². The first-order chi connectivity index (χ1) is 15.3. The number of halogens is 2. The molecular formula is C21H25F2N5O3S. The fourth-order valence-corrected chi connectivity index (χ4v) is 6.01. The van der Waals surface area contributed by atoms with Crippen molar-refractivity contribution in [3.05, 3.63) is 35.8 Å². The molecule has 3 aromatic rings. The van der Waals surface area contributed by atoms with Gasteiger partial charge in [-0.1, -0.05) is 19.1 Å². The number of fused-ring (bicyclic) bond motifs is 1. The van der Waals surface area contributed by atoms with Gasteiger partial charge in [-0.2, -0.15) is 4.98 Å². The highest BCUT2D eigenvalue weighted by molar-refractivity contribution is 7.91. The highest BCUT2D eigenvalue weighted by Crippen LogP contribution is 2.38. The maximum Gasteiger partial charge on any atom is 0.222 e. The molecule has 2 aromatic heterocycles. The van der Waals surface area contributed by atoms with Crippen LogP contribution in [0.2, 0.25) is 0 Å². The van der Waals surface area contributed by atoms with Crippen LogP contribution >= 0.6 is 0 Å². The van der Waals surface area contributed by atoms with Crippen molar-refractivity contribution in [2.45, 2.75) is 42.7 Å². The van der Waals surface area contributed by atoms with Gasteiger partial charge in [-0.15, -0.1) is 0 Å². The predicted octanol–water partition coefficient (Wildman–Crippen LogP) is 2.74. The lowest BCUT2D eigenvalue weighted by molar-refractivity contribution is 0.0245. The number of benzene rings is 1. The van der Waals surface area contributed by atoms with Crippen LogP contribution in [0.3, 0.4) is 0 Å². The first-order valence-electron chi connectivity index (χ1n) is 10.4. The van der Waals surface area contributed by atoms with E-state index in [1.165, 1.54) is 18.2 Å². The van der Waals surface area contributed by atoms with Crippen molar-refractivity contribution < 1.29 is 21.9 Å². The normalized spacial score (nSPS) is 17.2. The van der Waals surface area contributed by atoms with E-state index in [1.54, 1.807) is 0 Å². The van der Waals surface area contributed by atoms with Crippen LogP contribution in [0, 0.1) is 5.82 Å². The molecule has 0 radical (unpaired) electrons. The van der Waals surface area contributed by atoms with E-state index in [-0.39, 0.29) is 22.9 Å². The summed E-state index contributed by atoms with van der Waals surface area (Å²) in [4.78, 5) is 10.0. The van der Waals surface area contributed by atoms with Crippen molar-refractivity contribution in [1.29, 1.82) is 0 Å². The minimum Gasteiger partial charge on any atom is -0.372 e. The average molecular weight is 466 g/mol. The second-order valence-corrected chi connectivity index (χ2v) is 9.36. The number of morpholine rings is 1. The van der Waals surface area contributed by atoms with Crippen LogP contribution in [-0.4, -0.2) is 55.4 Å². The number of aryl methyl sites for hydroxylation is 1. The number of nitrogens with zero attached hydrogens (tertiary/aromatic N) is 4. The van der Waals surface area contributed by atoms with Gasteiger partial charge in [0.1, 0.15) is 39.4 Å². The molecule has 8 nitrogen and oxygen atoms in total. The van der Waals surface area contributed by atoms with E-state index in [2.05, 4.69) is 9.97 Å². The molecule has 4 rings (SSSR count). The maximum absolute atomic E-state index is 14.5. The Morgan fingerprint density at radius 2 is 2.00 bits per heavy atom. The minimum atomic E-state index is -4.25. The SMILES string of the molecule is CCc1c(S(=O)(=O)c2ccccc2F)c2nc(N)nc(N3CCOC(CF)C3)c2n1CC. The molecule has 1 unspecified atom stereocenters. The molecule has 1 aliphatic rings. The lowest BCUT2D eigenvalue weighted by atomic mass is 10.2. The van der Waals surface area contributed by atoms with Crippen LogP contribution in [0.4, 0.5) is 20.5 Å². The van der Waals surface area contributed by atoms with E-state index >= 15 is 0 Å². The number of sulfone groups is 1. The third-order valence-corrected chi connectivity index (χ3v) is 7.49. The summed E-state index contributed by atoms with van der Waals surface area (Å²) in [5, 5.41) is 0. The smallest absolute Gasteiger partial charge is 0.222 e. The molecule has 2 N–H and O–H groups in total. The molecule has 0 bridgehead atoms. The molecule has 1 fully saturated rings. The Labute approximate surface area is 184 Å². The first kappa shape index (κ1) is 22.4. The Hall–Kier alpha value is -2.79. The largest absolute Gasteiger partial charge is 0.372 e. The fourth-order valence-electron chi connectivity index (χ4n) is 4.24. The second kappa shape index (κ2) is 8.62. The van der Waals surface area contributed by atoms with Crippen LogP contribution in [0.5, 0.6) is 0 Å². The van der Waals surface area contributed by atoms with Crippen molar-refractivity contribution in [3.63, 3.8) is 0 Å². The number of alkyl halides is 1. The van der Waals surface area contributed by atoms with Gasteiger partial charge in [0.05, 0.1) is 6.61 Å². The number of nitrogen functional groups attached to an aromatic ring is 1. The van der Waals surface area contributed by atoms with E-state index in [1.807, 2.05) is 23.3 Å². The van der Waals surface area contributed by atoms with Gasteiger partial charge in [0.2, 0.25) is 15.8 Å². The van der Waals surface area contributed by atoms with Gasteiger partial charge >= 0.3 is 0 Å². The van der Waals surface area contributed by atoms with Gasteiger partial charge in [-0.05, 0) is 25.5 Å². The number of rotatable bonds is 6. The summed E-state index contributed by atoms with van der Waals surface area (Å²) in [5.74, 6) is -0.536. The van der Waals surface area contributed by atoms with Gasteiger partial charge in [0, 0.05) is 25.3 Å². The lowest BCUT2D eigenvalue weighted by Gasteiger charge is -2.33. The Morgan fingerprint density at radius 1 is 1.25 bits per heavy atom. The van der Waals surface area contributed by atoms with Crippen molar-refractivity contribution in [2.24, 2.45) is 0 Å². The average Bonchev–Trinajstić information content (AvgIpc) is 3.12. The predicted molar refractivity (Wildman–Crippen MR) is 117 cm³/mol. The van der Waals surface area contributed by atoms with Gasteiger partial charge in [-0.25, -0.2) is 22.2 Å². The number of nitrogens with two attached hydrogens (primary N) is 1. The molecule has 0 spiro atoms. The monoisotopic (exact) mass is 465 g/mol. The number of aromatic nitrogens is 3. The van der Waals surface area contributed by atoms with Crippen molar-refractivity contribution in [1.82, 2.24) is 14.5 Å². The summed E-state index contributed by atoms with van der Waals surface area (Å²) in [5.41, 5.74) is 7.09. The van der Waals surface area contributed by atoms with E-state index in [0.29, 0.717) is 43.1 Å². The standard InChI is InChI=1S/C21H25F2N5O3S/c1-3-15-19(32(29,30)16-8-6-5-7-14(16)23)17-18(28(15)4-2)20(26-21(24)25-17)27-9-10-31-13(11-22)12-27/h5-8,13H,3-4,9-12H2,1-2H3,(H2,24,25,26). The summed E-state index contributed by atoms with van der Waals surface area (Å²) >= 11 is 0. The van der Waals surface area contributed by atoms with Crippen LogP contribution in [0.15, 0.2) is 34.1 Å². The molecule has 0 amide bonds. The summed E-state index contributed by atoms with van der Waals surface area (Å²) < 4.78 is 62.3. The second-order valence-electron chi connectivity index (χ2n) is 7.50. The fraction of sp³-hybridized carbons (Fsp3) is 0.429. The molecular weight excluding hydrogens is 440 g/mol. The van der Waals surface area contributed by atoms with Crippen LogP contribution in [-0.2, 0) is 27.5 Å². The number of anilines is 2.